The largest absolute Gasteiger partial charge is 0.359 e. The Labute approximate surface area is 127 Å². The van der Waals surface area contributed by atoms with Crippen molar-refractivity contribution in [3.8, 4) is 0 Å². The second kappa shape index (κ2) is 6.77. The lowest BCUT2D eigenvalue weighted by Crippen LogP contribution is -2.50. The SMILES string of the molecule is CNC(=O)C1CCCN(C(=O)C2CC(N)C(C)CC2C)C1. The molecule has 5 nitrogen and oxygen atoms in total. The molecule has 0 spiro atoms. The normalized spacial score (nSPS) is 37.1. The van der Waals surface area contributed by atoms with Crippen molar-refractivity contribution in [2.75, 3.05) is 20.1 Å². The molecule has 5 atom stereocenters. The van der Waals surface area contributed by atoms with Crippen LogP contribution >= 0.6 is 0 Å². The Bertz CT molecular complexity index is 399. The number of hydrogen-bond donors (Lipinski definition) is 2. The molecule has 5 heteroatoms. The number of hydrogen-bond acceptors (Lipinski definition) is 3. The minimum absolute atomic E-state index is 0.0274. The van der Waals surface area contributed by atoms with Crippen LogP contribution in [0.1, 0.15) is 39.5 Å². The minimum atomic E-state index is -0.0563. The Morgan fingerprint density at radius 1 is 1.19 bits per heavy atom. The Kier molecular flexibility index (Phi) is 5.25. The standard InChI is InChI=1S/C16H29N3O2/c1-10-7-11(2)14(17)8-13(10)16(21)19-6-4-5-12(9-19)15(20)18-3/h10-14H,4-9,17H2,1-3H3,(H,18,20). The van der Waals surface area contributed by atoms with Gasteiger partial charge in [0, 0.05) is 32.1 Å². The second-order valence-corrected chi connectivity index (χ2v) is 6.93. The summed E-state index contributed by atoms with van der Waals surface area (Å²) in [6.45, 7) is 5.67. The minimum Gasteiger partial charge on any atom is -0.359 e. The first-order valence-corrected chi connectivity index (χ1v) is 8.20. The van der Waals surface area contributed by atoms with Gasteiger partial charge in [-0.3, -0.25) is 9.59 Å². The van der Waals surface area contributed by atoms with Crippen LogP contribution in [0.2, 0.25) is 0 Å². The topological polar surface area (TPSA) is 75.4 Å². The van der Waals surface area contributed by atoms with Crippen LogP contribution in [-0.2, 0) is 9.59 Å². The van der Waals surface area contributed by atoms with E-state index >= 15 is 0 Å². The Morgan fingerprint density at radius 3 is 2.57 bits per heavy atom. The Balaban J connectivity index is 2.00. The lowest BCUT2D eigenvalue weighted by molar-refractivity contribution is -0.142. The average molecular weight is 295 g/mol. The van der Waals surface area contributed by atoms with Crippen molar-refractivity contribution in [2.45, 2.75) is 45.6 Å². The highest BCUT2D eigenvalue weighted by Crippen LogP contribution is 2.34. The summed E-state index contributed by atoms with van der Waals surface area (Å²) in [5, 5.41) is 2.70. The number of carbonyl (C=O) groups excluding carboxylic acids is 2. The molecular weight excluding hydrogens is 266 g/mol. The number of likely N-dealkylation sites (tertiary alicyclic amines) is 1. The van der Waals surface area contributed by atoms with Crippen molar-refractivity contribution < 1.29 is 9.59 Å². The van der Waals surface area contributed by atoms with Gasteiger partial charge in [0.1, 0.15) is 0 Å². The number of carbonyl (C=O) groups is 2. The number of nitrogens with zero attached hydrogens (tertiary/aromatic N) is 1. The fourth-order valence-corrected chi connectivity index (χ4v) is 3.86. The summed E-state index contributed by atoms with van der Waals surface area (Å²) in [5.74, 6) is 1.10. The summed E-state index contributed by atoms with van der Waals surface area (Å²) in [5.41, 5.74) is 6.16. The maximum Gasteiger partial charge on any atom is 0.226 e. The summed E-state index contributed by atoms with van der Waals surface area (Å²) in [6.07, 6.45) is 3.58. The third-order valence-corrected chi connectivity index (χ3v) is 5.35. The number of amides is 2. The van der Waals surface area contributed by atoms with Gasteiger partial charge in [0.2, 0.25) is 11.8 Å². The monoisotopic (exact) mass is 295 g/mol. The van der Waals surface area contributed by atoms with Gasteiger partial charge in [-0.25, -0.2) is 0 Å². The molecule has 2 rings (SSSR count). The molecule has 2 fully saturated rings. The van der Waals surface area contributed by atoms with E-state index in [1.54, 1.807) is 7.05 Å². The molecule has 2 amide bonds. The molecule has 1 saturated heterocycles. The van der Waals surface area contributed by atoms with E-state index < -0.39 is 0 Å². The molecule has 2 aliphatic rings. The van der Waals surface area contributed by atoms with Gasteiger partial charge in [-0.05, 0) is 37.5 Å². The Hall–Kier alpha value is -1.10. The third-order valence-electron chi connectivity index (χ3n) is 5.35. The van der Waals surface area contributed by atoms with Gasteiger partial charge < -0.3 is 16.0 Å². The summed E-state index contributed by atoms with van der Waals surface area (Å²) in [7, 11) is 1.66. The van der Waals surface area contributed by atoms with Crippen LogP contribution in [0, 0.1) is 23.7 Å². The lowest BCUT2D eigenvalue weighted by Gasteiger charge is -2.40. The second-order valence-electron chi connectivity index (χ2n) is 6.93. The smallest absolute Gasteiger partial charge is 0.226 e. The summed E-state index contributed by atoms with van der Waals surface area (Å²) in [6, 6.07) is 0.120. The zero-order chi connectivity index (χ0) is 15.6. The van der Waals surface area contributed by atoms with E-state index in [1.165, 1.54) is 0 Å². The van der Waals surface area contributed by atoms with Crippen molar-refractivity contribution in [2.24, 2.45) is 29.4 Å². The van der Waals surface area contributed by atoms with E-state index in [0.717, 1.165) is 32.2 Å². The fraction of sp³-hybridized carbons (Fsp3) is 0.875. The van der Waals surface area contributed by atoms with Crippen LogP contribution in [0.15, 0.2) is 0 Å². The lowest BCUT2D eigenvalue weighted by atomic mass is 9.72. The summed E-state index contributed by atoms with van der Waals surface area (Å²) in [4.78, 5) is 26.5. The van der Waals surface area contributed by atoms with E-state index in [4.69, 9.17) is 5.73 Å². The van der Waals surface area contributed by atoms with Gasteiger partial charge in [0.25, 0.3) is 0 Å². The number of piperidine rings is 1. The molecule has 5 unspecified atom stereocenters. The highest BCUT2D eigenvalue weighted by Gasteiger charge is 2.38. The highest BCUT2D eigenvalue weighted by molar-refractivity contribution is 5.82. The molecule has 0 radical (unpaired) electrons. The van der Waals surface area contributed by atoms with Crippen LogP contribution in [0.25, 0.3) is 0 Å². The maximum atomic E-state index is 12.8. The van der Waals surface area contributed by atoms with Gasteiger partial charge in [0.05, 0.1) is 5.92 Å². The van der Waals surface area contributed by atoms with Gasteiger partial charge in [-0.2, -0.15) is 0 Å². The van der Waals surface area contributed by atoms with Crippen LogP contribution in [0.4, 0.5) is 0 Å². The van der Waals surface area contributed by atoms with Crippen molar-refractivity contribution in [3.63, 3.8) is 0 Å². The molecule has 21 heavy (non-hydrogen) atoms. The first-order chi connectivity index (χ1) is 9.93. The molecule has 0 aromatic carbocycles. The first-order valence-electron chi connectivity index (χ1n) is 8.20. The van der Waals surface area contributed by atoms with E-state index in [-0.39, 0.29) is 29.7 Å². The molecule has 120 valence electrons. The van der Waals surface area contributed by atoms with Crippen molar-refractivity contribution in [1.82, 2.24) is 10.2 Å². The van der Waals surface area contributed by atoms with Crippen LogP contribution in [0.3, 0.4) is 0 Å². The van der Waals surface area contributed by atoms with Gasteiger partial charge in [0.15, 0.2) is 0 Å². The number of nitrogens with one attached hydrogen (secondary N) is 1. The van der Waals surface area contributed by atoms with E-state index in [0.29, 0.717) is 18.4 Å². The molecule has 3 N–H and O–H groups in total. The van der Waals surface area contributed by atoms with Crippen LogP contribution < -0.4 is 11.1 Å². The van der Waals surface area contributed by atoms with Gasteiger partial charge >= 0.3 is 0 Å². The highest BCUT2D eigenvalue weighted by atomic mass is 16.2. The predicted molar refractivity (Wildman–Crippen MR) is 82.4 cm³/mol. The molecule has 0 aromatic rings. The molecule has 1 heterocycles. The zero-order valence-corrected chi connectivity index (χ0v) is 13.5. The summed E-state index contributed by atoms with van der Waals surface area (Å²) < 4.78 is 0. The molecule has 0 bridgehead atoms. The van der Waals surface area contributed by atoms with Crippen molar-refractivity contribution >= 4 is 11.8 Å². The number of nitrogens with two attached hydrogens (primary N) is 1. The van der Waals surface area contributed by atoms with Crippen LogP contribution in [0.5, 0.6) is 0 Å². The Morgan fingerprint density at radius 2 is 1.90 bits per heavy atom. The first kappa shape index (κ1) is 16.3. The van der Waals surface area contributed by atoms with Crippen molar-refractivity contribution in [3.05, 3.63) is 0 Å². The molecule has 0 aromatic heterocycles. The van der Waals surface area contributed by atoms with Crippen molar-refractivity contribution in [1.29, 1.82) is 0 Å². The quantitative estimate of drug-likeness (QED) is 0.797. The van der Waals surface area contributed by atoms with E-state index in [9.17, 15) is 9.59 Å². The van der Waals surface area contributed by atoms with Gasteiger partial charge in [-0.15, -0.1) is 0 Å². The fourth-order valence-electron chi connectivity index (χ4n) is 3.86. The zero-order valence-electron chi connectivity index (χ0n) is 13.5. The molecule has 1 saturated carbocycles. The number of rotatable bonds is 2. The third kappa shape index (κ3) is 3.57. The molecule has 1 aliphatic heterocycles. The molecular formula is C16H29N3O2. The van der Waals surface area contributed by atoms with Gasteiger partial charge in [-0.1, -0.05) is 13.8 Å². The maximum absolute atomic E-state index is 12.8. The van der Waals surface area contributed by atoms with E-state index in [2.05, 4.69) is 19.2 Å². The van der Waals surface area contributed by atoms with Crippen LogP contribution in [-0.4, -0.2) is 42.9 Å². The van der Waals surface area contributed by atoms with E-state index in [1.807, 2.05) is 4.90 Å². The molecule has 1 aliphatic carbocycles. The average Bonchev–Trinajstić information content (AvgIpc) is 2.49. The predicted octanol–water partition coefficient (Wildman–Crippen LogP) is 0.981. The summed E-state index contributed by atoms with van der Waals surface area (Å²) >= 11 is 0.